The van der Waals surface area contributed by atoms with Gasteiger partial charge in [-0.3, -0.25) is 0 Å². The van der Waals surface area contributed by atoms with Crippen molar-refractivity contribution in [2.75, 3.05) is 0 Å². The highest BCUT2D eigenvalue weighted by molar-refractivity contribution is 5.69. The summed E-state index contributed by atoms with van der Waals surface area (Å²) in [5.74, 6) is 0. The van der Waals surface area contributed by atoms with Crippen LogP contribution in [0.2, 0.25) is 0 Å². The fraction of sp³-hybridized carbons (Fsp3) is 0.188. The molecule has 1 aliphatic carbocycles. The van der Waals surface area contributed by atoms with Gasteiger partial charge in [0, 0.05) is 17.7 Å². The number of hydrogen-bond donors (Lipinski definition) is 0. The second kappa shape index (κ2) is 2.86. The molecule has 0 saturated carbocycles. The summed E-state index contributed by atoms with van der Waals surface area (Å²) in [6.07, 6.45) is 6.79. The molecule has 2 heterocycles. The molecule has 0 amide bonds. The van der Waals surface area contributed by atoms with Gasteiger partial charge in [-0.05, 0) is 18.1 Å². The standard InChI is InChI=1S/C16H14N/c1-16-9-8-12-5-4-6-13(15(12)16)11-17-10-3-2-7-14(16)17/h2-10H,11H2,1H3/q+1. The molecule has 0 spiro atoms. The van der Waals surface area contributed by atoms with Crippen molar-refractivity contribution in [2.24, 2.45) is 0 Å². The Morgan fingerprint density at radius 2 is 2.06 bits per heavy atom. The monoisotopic (exact) mass is 220 g/mol. The summed E-state index contributed by atoms with van der Waals surface area (Å²) in [5.41, 5.74) is 5.81. The molecule has 82 valence electrons. The number of pyridine rings is 1. The normalized spacial score (nSPS) is 23.4. The van der Waals surface area contributed by atoms with E-state index in [1.165, 1.54) is 22.4 Å². The van der Waals surface area contributed by atoms with Crippen molar-refractivity contribution in [1.29, 1.82) is 0 Å². The van der Waals surface area contributed by atoms with Crippen LogP contribution in [0.4, 0.5) is 0 Å². The maximum absolute atomic E-state index is 2.36. The summed E-state index contributed by atoms with van der Waals surface area (Å²) in [4.78, 5) is 0. The lowest BCUT2D eigenvalue weighted by Crippen LogP contribution is -2.49. The zero-order chi connectivity index (χ0) is 11.5. The zero-order valence-electron chi connectivity index (χ0n) is 9.85. The number of aromatic nitrogens is 1. The summed E-state index contributed by atoms with van der Waals surface area (Å²) in [7, 11) is 0. The molecule has 1 aromatic carbocycles. The van der Waals surface area contributed by atoms with E-state index in [0.29, 0.717) is 0 Å². The first kappa shape index (κ1) is 9.17. The first-order chi connectivity index (χ1) is 8.29. The van der Waals surface area contributed by atoms with Gasteiger partial charge in [0.2, 0.25) is 0 Å². The fourth-order valence-corrected chi connectivity index (χ4v) is 3.35. The van der Waals surface area contributed by atoms with E-state index in [2.05, 4.69) is 66.2 Å². The minimum Gasteiger partial charge on any atom is -0.197 e. The smallest absolute Gasteiger partial charge is 0.195 e. The second-order valence-electron chi connectivity index (χ2n) is 5.13. The Labute approximate surface area is 101 Å². The number of fused-ring (bicyclic) bond motifs is 2. The fourth-order valence-electron chi connectivity index (χ4n) is 3.35. The zero-order valence-corrected chi connectivity index (χ0v) is 9.85. The first-order valence-corrected chi connectivity index (χ1v) is 6.09. The molecule has 1 aliphatic heterocycles. The maximum Gasteiger partial charge on any atom is 0.195 e. The van der Waals surface area contributed by atoms with Crippen LogP contribution >= 0.6 is 0 Å². The Morgan fingerprint density at radius 3 is 3.00 bits per heavy atom. The molecule has 1 nitrogen and oxygen atoms in total. The SMILES string of the molecule is CC12C=Cc3cccc(c31)C[n+]1ccccc12. The maximum atomic E-state index is 2.36. The average molecular weight is 220 g/mol. The molecule has 0 saturated heterocycles. The van der Waals surface area contributed by atoms with Crippen molar-refractivity contribution in [3.63, 3.8) is 0 Å². The van der Waals surface area contributed by atoms with Crippen LogP contribution in [0.25, 0.3) is 6.08 Å². The van der Waals surface area contributed by atoms with Crippen molar-refractivity contribution in [3.8, 4) is 0 Å². The van der Waals surface area contributed by atoms with Gasteiger partial charge in [-0.1, -0.05) is 36.4 Å². The first-order valence-electron chi connectivity index (χ1n) is 6.09. The topological polar surface area (TPSA) is 3.88 Å². The van der Waals surface area contributed by atoms with E-state index >= 15 is 0 Å². The molecule has 1 heteroatoms. The molecule has 2 aliphatic rings. The molecule has 17 heavy (non-hydrogen) atoms. The number of allylic oxidation sites excluding steroid dienone is 1. The number of rotatable bonds is 0. The molecule has 0 N–H and O–H groups in total. The molecule has 1 atom stereocenters. The highest BCUT2D eigenvalue weighted by Crippen LogP contribution is 2.43. The van der Waals surface area contributed by atoms with Gasteiger partial charge in [0.1, 0.15) is 0 Å². The van der Waals surface area contributed by atoms with Crippen LogP contribution in [0, 0.1) is 0 Å². The Balaban J connectivity index is 2.11. The summed E-state index contributed by atoms with van der Waals surface area (Å²) in [5, 5.41) is 0. The highest BCUT2D eigenvalue weighted by atomic mass is 15.0. The quantitative estimate of drug-likeness (QED) is 0.601. The van der Waals surface area contributed by atoms with Gasteiger partial charge in [0.05, 0.1) is 5.41 Å². The molecular formula is C16H14N+. The molecule has 0 radical (unpaired) electrons. The molecular weight excluding hydrogens is 206 g/mol. The van der Waals surface area contributed by atoms with E-state index < -0.39 is 0 Å². The predicted molar refractivity (Wildman–Crippen MR) is 67.7 cm³/mol. The highest BCUT2D eigenvalue weighted by Gasteiger charge is 2.43. The van der Waals surface area contributed by atoms with Crippen molar-refractivity contribution >= 4 is 6.08 Å². The van der Waals surface area contributed by atoms with Crippen molar-refractivity contribution in [1.82, 2.24) is 0 Å². The lowest BCUT2D eigenvalue weighted by molar-refractivity contribution is -0.700. The van der Waals surface area contributed by atoms with Crippen molar-refractivity contribution in [2.45, 2.75) is 18.9 Å². The minimum atomic E-state index is 0.0609. The van der Waals surface area contributed by atoms with Crippen LogP contribution in [0.3, 0.4) is 0 Å². The van der Waals surface area contributed by atoms with Crippen molar-refractivity contribution < 1.29 is 4.57 Å². The van der Waals surface area contributed by atoms with Gasteiger partial charge in [0.15, 0.2) is 18.4 Å². The van der Waals surface area contributed by atoms with Crippen molar-refractivity contribution in [3.05, 3.63) is 71.1 Å². The Bertz CT molecular complexity index is 654. The number of benzene rings is 1. The average Bonchev–Trinajstić information content (AvgIpc) is 2.71. The summed E-state index contributed by atoms with van der Waals surface area (Å²) >= 11 is 0. The Hall–Kier alpha value is -1.89. The molecule has 0 bridgehead atoms. The third-order valence-corrected chi connectivity index (χ3v) is 4.11. The minimum absolute atomic E-state index is 0.0609. The van der Waals surface area contributed by atoms with E-state index in [4.69, 9.17) is 0 Å². The van der Waals surface area contributed by atoms with E-state index in [1.807, 2.05) is 0 Å². The van der Waals surface area contributed by atoms with Crippen LogP contribution in [-0.4, -0.2) is 0 Å². The summed E-state index contributed by atoms with van der Waals surface area (Å²) in [6.45, 7) is 3.32. The van der Waals surface area contributed by atoms with Gasteiger partial charge in [-0.25, -0.2) is 0 Å². The third kappa shape index (κ3) is 1.02. The predicted octanol–water partition coefficient (Wildman–Crippen LogP) is 2.67. The molecule has 0 fully saturated rings. The lowest BCUT2D eigenvalue weighted by Gasteiger charge is -2.28. The van der Waals surface area contributed by atoms with E-state index in [-0.39, 0.29) is 5.41 Å². The van der Waals surface area contributed by atoms with Gasteiger partial charge in [-0.2, -0.15) is 4.57 Å². The lowest BCUT2D eigenvalue weighted by atomic mass is 9.76. The van der Waals surface area contributed by atoms with Gasteiger partial charge in [0.25, 0.3) is 0 Å². The van der Waals surface area contributed by atoms with Gasteiger partial charge in [-0.15, -0.1) is 0 Å². The summed E-state index contributed by atoms with van der Waals surface area (Å²) in [6, 6.07) is 13.1. The Morgan fingerprint density at radius 1 is 1.12 bits per heavy atom. The largest absolute Gasteiger partial charge is 0.197 e. The van der Waals surface area contributed by atoms with Crippen LogP contribution in [0.1, 0.15) is 29.3 Å². The second-order valence-corrected chi connectivity index (χ2v) is 5.13. The number of nitrogens with zero attached hydrogens (tertiary/aromatic N) is 1. The van der Waals surface area contributed by atoms with Crippen LogP contribution in [-0.2, 0) is 12.0 Å². The van der Waals surface area contributed by atoms with Crippen LogP contribution in [0.15, 0.2) is 48.7 Å². The molecule has 2 aromatic rings. The van der Waals surface area contributed by atoms with Crippen LogP contribution < -0.4 is 4.57 Å². The van der Waals surface area contributed by atoms with Crippen LogP contribution in [0.5, 0.6) is 0 Å². The van der Waals surface area contributed by atoms with Gasteiger partial charge < -0.3 is 0 Å². The summed E-state index contributed by atoms with van der Waals surface area (Å²) < 4.78 is 2.36. The molecule has 4 rings (SSSR count). The van der Waals surface area contributed by atoms with E-state index in [9.17, 15) is 0 Å². The third-order valence-electron chi connectivity index (χ3n) is 4.11. The molecule has 1 aromatic heterocycles. The number of hydrogen-bond acceptors (Lipinski definition) is 0. The van der Waals surface area contributed by atoms with E-state index in [1.54, 1.807) is 0 Å². The molecule has 1 unspecified atom stereocenters. The Kier molecular flexibility index (Phi) is 1.54. The van der Waals surface area contributed by atoms with E-state index in [0.717, 1.165) is 6.54 Å². The van der Waals surface area contributed by atoms with Gasteiger partial charge >= 0.3 is 0 Å².